The second-order valence-electron chi connectivity index (χ2n) is 13.2. The molecule has 2 heterocycles. The Labute approximate surface area is 226 Å². The predicted molar refractivity (Wildman–Crippen MR) is 148 cm³/mol. The van der Waals surface area contributed by atoms with E-state index < -0.39 is 0 Å². The number of carbonyl (C=O) groups excluding carboxylic acids is 2. The smallest absolute Gasteiger partial charge is 0.233 e. The van der Waals surface area contributed by atoms with Crippen LogP contribution in [0, 0.1) is 47.3 Å². The third-order valence-corrected chi connectivity index (χ3v) is 11.6. The molecule has 38 heavy (non-hydrogen) atoms. The molecule has 5 heteroatoms. The summed E-state index contributed by atoms with van der Waals surface area (Å²) in [6, 6.07) is 15.5. The van der Waals surface area contributed by atoms with Crippen LogP contribution < -0.4 is 0 Å². The molecule has 2 aliphatic heterocycles. The Hall–Kier alpha value is -2.24. The molecule has 2 bridgehead atoms. The lowest BCUT2D eigenvalue weighted by molar-refractivity contribution is -0.141. The van der Waals surface area contributed by atoms with E-state index in [0.29, 0.717) is 30.2 Å². The Morgan fingerprint density at radius 3 is 2.29 bits per heavy atom. The van der Waals surface area contributed by atoms with Gasteiger partial charge in [0, 0.05) is 19.7 Å². The van der Waals surface area contributed by atoms with Gasteiger partial charge in [-0.15, -0.1) is 0 Å². The summed E-state index contributed by atoms with van der Waals surface area (Å²) in [5.41, 5.74) is 1.50. The number of aliphatic hydroxyl groups excluding tert-OH is 1. The molecule has 2 aromatic carbocycles. The Morgan fingerprint density at radius 1 is 0.842 bits per heavy atom. The maximum Gasteiger partial charge on any atom is 0.233 e. The first kappa shape index (κ1) is 24.8. The minimum absolute atomic E-state index is 0.0828. The normalized spacial score (nSPS) is 37.6. The van der Waals surface area contributed by atoms with E-state index in [4.69, 9.17) is 0 Å². The highest BCUT2D eigenvalue weighted by Gasteiger charge is 2.66. The van der Waals surface area contributed by atoms with Gasteiger partial charge in [-0.1, -0.05) is 55.8 Å². The Balaban J connectivity index is 0.980. The third kappa shape index (κ3) is 3.87. The molecule has 5 nitrogen and oxygen atoms in total. The molecule has 2 amide bonds. The minimum atomic E-state index is -0.159. The molecule has 5 aliphatic rings. The van der Waals surface area contributed by atoms with Crippen molar-refractivity contribution in [2.24, 2.45) is 47.3 Å². The highest BCUT2D eigenvalue weighted by molar-refractivity contribution is 6.06. The minimum Gasteiger partial charge on any atom is -0.396 e. The van der Waals surface area contributed by atoms with E-state index in [-0.39, 0.29) is 48.0 Å². The van der Waals surface area contributed by atoms with Gasteiger partial charge in [0.25, 0.3) is 0 Å². The number of hydrogen-bond acceptors (Lipinski definition) is 4. The zero-order valence-electron chi connectivity index (χ0n) is 22.7. The van der Waals surface area contributed by atoms with Crippen LogP contribution >= 0.6 is 0 Å². The Kier molecular flexibility index (Phi) is 6.35. The van der Waals surface area contributed by atoms with Gasteiger partial charge in [0.1, 0.15) is 0 Å². The number of benzene rings is 2. The summed E-state index contributed by atoms with van der Waals surface area (Å²) in [5.74, 6) is 2.57. The van der Waals surface area contributed by atoms with Gasteiger partial charge in [0.05, 0.1) is 11.8 Å². The topological polar surface area (TPSA) is 60.9 Å². The van der Waals surface area contributed by atoms with Gasteiger partial charge >= 0.3 is 0 Å². The second-order valence-corrected chi connectivity index (χ2v) is 13.2. The number of fused-ring (bicyclic) bond motifs is 6. The molecule has 2 aromatic rings. The Bertz CT molecular complexity index is 1210. The highest BCUT2D eigenvalue weighted by atomic mass is 16.3. The van der Waals surface area contributed by atoms with E-state index in [2.05, 4.69) is 54.3 Å². The molecule has 202 valence electrons. The first-order chi connectivity index (χ1) is 18.5. The molecule has 0 aromatic heterocycles. The number of piperidine rings is 1. The van der Waals surface area contributed by atoms with Crippen LogP contribution in [0.25, 0.3) is 10.8 Å². The zero-order chi connectivity index (χ0) is 26.0. The van der Waals surface area contributed by atoms with E-state index >= 15 is 0 Å². The van der Waals surface area contributed by atoms with E-state index in [1.807, 2.05) is 0 Å². The number of imide groups is 1. The zero-order valence-corrected chi connectivity index (χ0v) is 22.7. The number of likely N-dealkylation sites (tertiary alicyclic amines) is 2. The molecule has 1 N–H and O–H groups in total. The van der Waals surface area contributed by atoms with Crippen LogP contribution in [-0.2, 0) is 9.59 Å². The summed E-state index contributed by atoms with van der Waals surface area (Å²) in [6.07, 6.45) is 6.90. The molecule has 3 saturated carbocycles. The van der Waals surface area contributed by atoms with Crippen LogP contribution in [0.4, 0.5) is 0 Å². The van der Waals surface area contributed by atoms with Gasteiger partial charge < -0.3 is 10.0 Å². The van der Waals surface area contributed by atoms with Gasteiger partial charge in [-0.2, -0.15) is 0 Å². The maximum atomic E-state index is 13.5. The van der Waals surface area contributed by atoms with Crippen LogP contribution in [0.15, 0.2) is 42.5 Å². The quantitative estimate of drug-likeness (QED) is 0.556. The van der Waals surface area contributed by atoms with Crippen molar-refractivity contribution in [2.75, 3.05) is 32.8 Å². The van der Waals surface area contributed by atoms with Crippen molar-refractivity contribution in [3.05, 3.63) is 48.0 Å². The molecule has 2 saturated heterocycles. The molecule has 8 atom stereocenters. The van der Waals surface area contributed by atoms with Crippen molar-refractivity contribution >= 4 is 22.6 Å². The summed E-state index contributed by atoms with van der Waals surface area (Å²) >= 11 is 0. The molecule has 0 radical (unpaired) electrons. The third-order valence-electron chi connectivity index (χ3n) is 11.6. The van der Waals surface area contributed by atoms with Crippen molar-refractivity contribution in [3.8, 4) is 0 Å². The molecule has 6 unspecified atom stereocenters. The van der Waals surface area contributed by atoms with Crippen LogP contribution in [0.3, 0.4) is 0 Å². The summed E-state index contributed by atoms with van der Waals surface area (Å²) < 4.78 is 0. The Morgan fingerprint density at radius 2 is 1.53 bits per heavy atom. The van der Waals surface area contributed by atoms with Gasteiger partial charge in [-0.05, 0) is 103 Å². The van der Waals surface area contributed by atoms with E-state index in [1.54, 1.807) is 4.90 Å². The molecule has 0 spiro atoms. The summed E-state index contributed by atoms with van der Waals surface area (Å²) in [4.78, 5) is 31.4. The number of carbonyl (C=O) groups is 2. The first-order valence-electron chi connectivity index (χ1n) is 15.2. The summed E-state index contributed by atoms with van der Waals surface area (Å²) in [5, 5.41) is 12.7. The fraction of sp³-hybridized carbons (Fsp3) is 0.636. The molecular formula is C33H42N2O3. The van der Waals surface area contributed by atoms with E-state index in [9.17, 15) is 14.7 Å². The lowest BCUT2D eigenvalue weighted by atomic mass is 9.70. The fourth-order valence-corrected chi connectivity index (χ4v) is 9.65. The second kappa shape index (κ2) is 9.75. The molecule has 3 aliphatic carbocycles. The van der Waals surface area contributed by atoms with Crippen LogP contribution in [-0.4, -0.2) is 59.5 Å². The predicted octanol–water partition coefficient (Wildman–Crippen LogP) is 4.93. The number of amides is 2. The van der Waals surface area contributed by atoms with Crippen molar-refractivity contribution in [2.45, 2.75) is 51.4 Å². The van der Waals surface area contributed by atoms with Gasteiger partial charge in [0.15, 0.2) is 0 Å². The van der Waals surface area contributed by atoms with Crippen molar-refractivity contribution in [1.29, 1.82) is 0 Å². The van der Waals surface area contributed by atoms with Gasteiger partial charge in [-0.25, -0.2) is 0 Å². The number of nitrogens with zero attached hydrogens (tertiary/aromatic N) is 2. The molecule has 7 rings (SSSR count). The van der Waals surface area contributed by atoms with Crippen LogP contribution in [0.1, 0.15) is 56.9 Å². The summed E-state index contributed by atoms with van der Waals surface area (Å²) in [7, 11) is 0. The monoisotopic (exact) mass is 514 g/mol. The van der Waals surface area contributed by atoms with E-state index in [0.717, 1.165) is 32.5 Å². The average molecular weight is 515 g/mol. The first-order valence-corrected chi connectivity index (χ1v) is 15.2. The summed E-state index contributed by atoms with van der Waals surface area (Å²) in [6.45, 7) is 6.32. The lowest BCUT2D eigenvalue weighted by Crippen LogP contribution is -2.41. The number of aliphatic hydroxyl groups is 1. The van der Waals surface area contributed by atoms with Crippen molar-refractivity contribution in [3.63, 3.8) is 0 Å². The number of rotatable bonds is 6. The number of hydrogen-bond donors (Lipinski definition) is 1. The SMILES string of the molecule is CC1C(CO)C2CC1C1C(=O)N(C[C@H]3CCC[C@@H]3CN3CCC(c4cccc5ccccc45)CC3)C(=O)C21. The highest BCUT2D eigenvalue weighted by Crippen LogP contribution is 2.61. The maximum absolute atomic E-state index is 13.5. The average Bonchev–Trinajstić information content (AvgIpc) is 3.68. The van der Waals surface area contributed by atoms with Crippen LogP contribution in [0.5, 0.6) is 0 Å². The van der Waals surface area contributed by atoms with Gasteiger partial charge in [-0.3, -0.25) is 14.5 Å². The van der Waals surface area contributed by atoms with Crippen molar-refractivity contribution < 1.29 is 14.7 Å². The molecule has 5 fully saturated rings. The largest absolute Gasteiger partial charge is 0.396 e. The molecular weight excluding hydrogens is 472 g/mol. The van der Waals surface area contributed by atoms with Crippen LogP contribution in [0.2, 0.25) is 0 Å². The van der Waals surface area contributed by atoms with Crippen molar-refractivity contribution in [1.82, 2.24) is 9.80 Å². The fourth-order valence-electron chi connectivity index (χ4n) is 9.65. The van der Waals surface area contributed by atoms with Gasteiger partial charge in [0.2, 0.25) is 11.8 Å². The lowest BCUT2D eigenvalue weighted by Gasteiger charge is -2.36. The van der Waals surface area contributed by atoms with E-state index in [1.165, 1.54) is 42.0 Å². The standard InChI is InChI=1S/C33H42N2O3/c1-20-27-16-28(29(20)19-36)31-30(27)32(37)35(33(31)38)18-24-9-4-8-23(24)17-34-14-12-22(13-15-34)26-11-5-7-21-6-2-3-10-25(21)26/h2-3,5-7,10-11,20,22-24,27-31,36H,4,8-9,12-19H2,1H3/t20?,23-,24-,27?,28?,29?,30?,31?/m1/s1.